The maximum atomic E-state index is 11.4. The molecule has 0 fully saturated rings. The minimum absolute atomic E-state index is 0.339. The molecular weight excluding hydrogens is 204 g/mol. The first kappa shape index (κ1) is 10.5. The molecule has 0 bridgehead atoms. The first-order valence-electron chi connectivity index (χ1n) is 3.82. The summed E-state index contributed by atoms with van der Waals surface area (Å²) in [5, 5.41) is 12.1. The van der Waals surface area contributed by atoms with E-state index < -0.39 is 15.8 Å². The molecule has 0 saturated heterocycles. The number of nitrogens with two attached hydrogens (primary N) is 1. The molecule has 76 valence electrons. The van der Waals surface area contributed by atoms with Crippen LogP contribution < -0.4 is 5.73 Å². The quantitative estimate of drug-likeness (QED) is 0.733. The van der Waals surface area contributed by atoms with Gasteiger partial charge < -0.3 is 5.73 Å². The lowest BCUT2D eigenvalue weighted by molar-refractivity contribution is 0.581. The average Bonchev–Trinajstić information content (AvgIpc) is 2.33. The third-order valence-electron chi connectivity index (χ3n) is 1.82. The lowest BCUT2D eigenvalue weighted by Crippen LogP contribution is -2.18. The van der Waals surface area contributed by atoms with E-state index in [1.807, 2.05) is 0 Å². The maximum absolute atomic E-state index is 11.4. The fraction of sp³-hybridized carbons (Fsp3) is 0.429. The third-order valence-corrected chi connectivity index (χ3v) is 3.19. The second-order valence-corrected chi connectivity index (χ2v) is 4.64. The monoisotopic (exact) mass is 214 g/mol. The zero-order valence-corrected chi connectivity index (χ0v) is 8.67. The summed E-state index contributed by atoms with van der Waals surface area (Å²) in [6.07, 6.45) is 0. The Morgan fingerprint density at radius 1 is 1.57 bits per heavy atom. The first-order chi connectivity index (χ1) is 6.40. The van der Waals surface area contributed by atoms with Crippen LogP contribution >= 0.6 is 0 Å². The van der Waals surface area contributed by atoms with Crippen LogP contribution in [0.1, 0.15) is 11.4 Å². The van der Waals surface area contributed by atoms with Gasteiger partial charge in [0.25, 0.3) is 10.0 Å². The Morgan fingerprint density at radius 2 is 2.14 bits per heavy atom. The lowest BCUT2D eigenvalue weighted by atomic mass is 10.3. The van der Waals surface area contributed by atoms with E-state index in [2.05, 4.69) is 5.10 Å². The van der Waals surface area contributed by atoms with E-state index in [1.54, 1.807) is 19.9 Å². The number of hydrogen-bond donors (Lipinski definition) is 1. The van der Waals surface area contributed by atoms with E-state index in [0.717, 1.165) is 4.09 Å². The molecule has 0 aromatic carbocycles. The minimum atomic E-state index is -3.68. The predicted molar refractivity (Wildman–Crippen MR) is 50.9 cm³/mol. The normalized spacial score (nSPS) is 11.2. The molecule has 0 radical (unpaired) electrons. The summed E-state index contributed by atoms with van der Waals surface area (Å²) in [7, 11) is -3.68. The van der Waals surface area contributed by atoms with Crippen molar-refractivity contribution < 1.29 is 8.42 Å². The van der Waals surface area contributed by atoms with Gasteiger partial charge in [-0.2, -0.15) is 14.4 Å². The molecule has 1 aromatic rings. The van der Waals surface area contributed by atoms with Crippen molar-refractivity contribution in [2.24, 2.45) is 0 Å². The molecule has 6 nitrogen and oxygen atoms in total. The van der Waals surface area contributed by atoms with Crippen LogP contribution in [0.15, 0.2) is 0 Å². The minimum Gasteiger partial charge on any atom is -0.396 e. The van der Waals surface area contributed by atoms with Gasteiger partial charge in [-0.25, -0.2) is 8.42 Å². The van der Waals surface area contributed by atoms with Crippen molar-refractivity contribution in [2.45, 2.75) is 13.8 Å². The van der Waals surface area contributed by atoms with Gasteiger partial charge in [0.2, 0.25) is 0 Å². The largest absolute Gasteiger partial charge is 0.396 e. The van der Waals surface area contributed by atoms with Crippen LogP contribution in [0.3, 0.4) is 0 Å². The summed E-state index contributed by atoms with van der Waals surface area (Å²) in [6, 6.07) is 1.57. The van der Waals surface area contributed by atoms with Crippen molar-refractivity contribution in [3.8, 4) is 6.07 Å². The van der Waals surface area contributed by atoms with E-state index in [0.29, 0.717) is 17.1 Å². The molecular formula is C7H10N4O2S. The topological polar surface area (TPSA) is 102 Å². The zero-order chi connectivity index (χ0) is 10.9. The van der Waals surface area contributed by atoms with Gasteiger partial charge in [0.05, 0.1) is 23.1 Å². The summed E-state index contributed by atoms with van der Waals surface area (Å²) in [6.45, 7) is 3.16. The molecule has 1 rings (SSSR count). The standard InChI is InChI=1S/C7H10N4O2S/c1-5-7(9)6(2)11(10-5)14(12,13)4-3-8/h4,9H2,1-2H3. The van der Waals surface area contributed by atoms with E-state index in [4.69, 9.17) is 11.0 Å². The first-order valence-corrected chi connectivity index (χ1v) is 5.43. The summed E-state index contributed by atoms with van der Waals surface area (Å²) >= 11 is 0. The van der Waals surface area contributed by atoms with Crippen molar-refractivity contribution in [2.75, 3.05) is 11.5 Å². The fourth-order valence-electron chi connectivity index (χ4n) is 1.04. The van der Waals surface area contributed by atoms with E-state index in [9.17, 15) is 8.42 Å². The summed E-state index contributed by atoms with van der Waals surface area (Å²) in [5.41, 5.74) is 6.70. The van der Waals surface area contributed by atoms with Crippen LogP contribution in [0.4, 0.5) is 5.69 Å². The van der Waals surface area contributed by atoms with Crippen LogP contribution in [0.2, 0.25) is 0 Å². The van der Waals surface area contributed by atoms with Crippen LogP contribution in [0.5, 0.6) is 0 Å². The van der Waals surface area contributed by atoms with Crippen molar-refractivity contribution in [1.82, 2.24) is 9.19 Å². The average molecular weight is 214 g/mol. The summed E-state index contributed by atoms with van der Waals surface area (Å²) in [5.74, 6) is -0.603. The fourth-order valence-corrected chi connectivity index (χ4v) is 2.09. The highest BCUT2D eigenvalue weighted by Crippen LogP contribution is 2.16. The van der Waals surface area contributed by atoms with Gasteiger partial charge in [-0.15, -0.1) is 0 Å². The van der Waals surface area contributed by atoms with Gasteiger partial charge in [-0.05, 0) is 13.8 Å². The van der Waals surface area contributed by atoms with Crippen molar-refractivity contribution >= 4 is 15.7 Å². The molecule has 1 heterocycles. The Morgan fingerprint density at radius 3 is 2.50 bits per heavy atom. The van der Waals surface area contributed by atoms with Gasteiger partial charge >= 0.3 is 0 Å². The van der Waals surface area contributed by atoms with E-state index >= 15 is 0 Å². The lowest BCUT2D eigenvalue weighted by Gasteiger charge is -2.01. The Labute approximate surface area is 82.0 Å². The number of nitriles is 1. The van der Waals surface area contributed by atoms with Gasteiger partial charge in [-0.1, -0.05) is 0 Å². The summed E-state index contributed by atoms with van der Waals surface area (Å²) in [4.78, 5) is 0. The van der Waals surface area contributed by atoms with E-state index in [-0.39, 0.29) is 0 Å². The number of aromatic nitrogens is 2. The number of aryl methyl sites for hydroxylation is 1. The molecule has 0 aliphatic heterocycles. The molecule has 2 N–H and O–H groups in total. The number of nitrogens with zero attached hydrogens (tertiary/aromatic N) is 3. The Bertz CT molecular complexity index is 494. The summed E-state index contributed by atoms with van der Waals surface area (Å²) < 4.78 is 23.7. The van der Waals surface area contributed by atoms with Crippen LogP contribution in [-0.2, 0) is 10.0 Å². The molecule has 0 saturated carbocycles. The van der Waals surface area contributed by atoms with Crippen molar-refractivity contribution in [3.05, 3.63) is 11.4 Å². The molecule has 14 heavy (non-hydrogen) atoms. The highest BCUT2D eigenvalue weighted by Gasteiger charge is 2.19. The highest BCUT2D eigenvalue weighted by atomic mass is 32.2. The number of anilines is 1. The number of hydrogen-bond acceptors (Lipinski definition) is 5. The molecule has 0 aliphatic rings. The molecule has 0 aliphatic carbocycles. The Hall–Kier alpha value is -1.55. The molecule has 0 unspecified atom stereocenters. The van der Waals surface area contributed by atoms with Crippen LogP contribution in [-0.4, -0.2) is 23.4 Å². The van der Waals surface area contributed by atoms with Gasteiger partial charge in [-0.3, -0.25) is 0 Å². The van der Waals surface area contributed by atoms with E-state index in [1.165, 1.54) is 0 Å². The molecule has 1 aromatic heterocycles. The third kappa shape index (κ3) is 1.56. The second-order valence-electron chi connectivity index (χ2n) is 2.84. The second kappa shape index (κ2) is 3.31. The SMILES string of the molecule is Cc1nn(S(=O)(=O)CC#N)c(C)c1N. The zero-order valence-electron chi connectivity index (χ0n) is 7.85. The predicted octanol–water partition coefficient (Wildman–Crippen LogP) is -0.216. The van der Waals surface area contributed by atoms with Gasteiger partial charge in [0.1, 0.15) is 0 Å². The maximum Gasteiger partial charge on any atom is 0.267 e. The van der Waals surface area contributed by atoms with Gasteiger partial charge in [0, 0.05) is 0 Å². The molecule has 0 amide bonds. The van der Waals surface area contributed by atoms with Crippen molar-refractivity contribution in [3.63, 3.8) is 0 Å². The van der Waals surface area contributed by atoms with Crippen LogP contribution in [0, 0.1) is 25.2 Å². The van der Waals surface area contributed by atoms with Gasteiger partial charge in [0.15, 0.2) is 5.75 Å². The van der Waals surface area contributed by atoms with Crippen LogP contribution in [0.25, 0.3) is 0 Å². The Kier molecular flexibility index (Phi) is 2.49. The highest BCUT2D eigenvalue weighted by molar-refractivity contribution is 7.90. The molecule has 7 heteroatoms. The Balaban J connectivity index is 3.36. The number of rotatable bonds is 2. The molecule has 0 spiro atoms. The number of nitrogen functional groups attached to an aromatic ring is 1. The molecule has 0 atom stereocenters. The smallest absolute Gasteiger partial charge is 0.267 e. The van der Waals surface area contributed by atoms with Crippen molar-refractivity contribution in [1.29, 1.82) is 5.26 Å².